The molecule has 0 bridgehead atoms. The first-order valence-electron chi connectivity index (χ1n) is 23.0. The number of piperazine rings is 1. The molecule has 0 unspecified atom stereocenters. The van der Waals surface area contributed by atoms with Gasteiger partial charge in [-0.2, -0.15) is 0 Å². The van der Waals surface area contributed by atoms with Crippen LogP contribution in [-0.2, 0) is 30.9 Å². The number of amides is 2. The van der Waals surface area contributed by atoms with Crippen molar-refractivity contribution in [1.29, 1.82) is 0 Å². The molecule has 1 aliphatic heterocycles. The zero-order valence-corrected chi connectivity index (χ0v) is 41.6. The van der Waals surface area contributed by atoms with Crippen LogP contribution in [0, 0.1) is 10.1 Å². The topological polar surface area (TPSA) is 184 Å². The second-order valence-corrected chi connectivity index (χ2v) is 20.3. The Bertz CT molecular complexity index is 2650. The number of thioether (sulfide) groups is 1. The molecule has 0 saturated carbocycles. The van der Waals surface area contributed by atoms with E-state index in [1.165, 1.54) is 36.9 Å². The lowest BCUT2D eigenvalue weighted by molar-refractivity contribution is -0.384. The minimum atomic E-state index is -4.61. The molecule has 6 rings (SSSR count). The van der Waals surface area contributed by atoms with Crippen LogP contribution in [0.5, 0.6) is 0 Å². The smallest absolute Gasteiger partial charge is 0.305 e. The third kappa shape index (κ3) is 15.8. The van der Waals surface area contributed by atoms with E-state index in [1.807, 2.05) is 85.7 Å². The third-order valence-corrected chi connectivity index (χ3v) is 14.5. The Hall–Kier alpha value is -5.98. The molecule has 5 aromatic carbocycles. The highest BCUT2D eigenvalue weighted by molar-refractivity contribution is 7.99. The van der Waals surface area contributed by atoms with Gasteiger partial charge < -0.3 is 25.2 Å². The van der Waals surface area contributed by atoms with Crippen molar-refractivity contribution in [3.05, 3.63) is 142 Å². The zero-order chi connectivity index (χ0) is 49.3. The molecule has 1 aliphatic rings. The first-order valence-corrected chi connectivity index (χ1v) is 25.8. The summed E-state index contributed by atoms with van der Waals surface area (Å²) in [5, 5.41) is 19.3. The van der Waals surface area contributed by atoms with E-state index in [2.05, 4.69) is 37.3 Å². The summed E-state index contributed by atoms with van der Waals surface area (Å²) in [4.78, 5) is 57.6. The lowest BCUT2D eigenvalue weighted by Gasteiger charge is -2.37. The van der Waals surface area contributed by atoms with Gasteiger partial charge in [-0.1, -0.05) is 79.0 Å². The molecule has 0 aliphatic carbocycles. The number of carbonyl (C=O) groups is 3. The van der Waals surface area contributed by atoms with Crippen LogP contribution in [0.15, 0.2) is 125 Å². The van der Waals surface area contributed by atoms with Gasteiger partial charge in [0.05, 0.1) is 28.3 Å². The molecule has 15 nitrogen and oxygen atoms in total. The summed E-state index contributed by atoms with van der Waals surface area (Å²) in [6, 6.07) is 33.9. The number of halogens is 1. The molecule has 0 spiro atoms. The summed E-state index contributed by atoms with van der Waals surface area (Å²) in [6.07, 6.45) is 3.86. The number of rotatable bonds is 24. The molecule has 5 aromatic rings. The highest BCUT2D eigenvalue weighted by atomic mass is 35.5. The van der Waals surface area contributed by atoms with Gasteiger partial charge in [-0.05, 0) is 111 Å². The fraction of sp³-hybridized carbons (Fsp3) is 0.353. The van der Waals surface area contributed by atoms with Gasteiger partial charge in [-0.25, -0.2) is 13.1 Å². The molecule has 2 amide bonds. The molecule has 1 heterocycles. The standard InChI is InChI=1S/C51H60ClN7O8S2/c1-56(2)28-27-41(36-68-42-14-7-6-8-15-42)53-45-25-24-43(34-48(45)59(63)64)69(65,66)55-51(62)38-21-26-47(46(33-38)54-49(60)17-9-4-5-10-18-50(61)67-3)58-31-29-57(30-32-58)35-39-13-11-12-16-44(39)37-19-22-40(52)23-20-37/h6-8,11-16,19-26,33-34,41,53H,4-5,9-10,17-18,27-32,35-36H2,1-3H3,(H,54,60)(H,55,62)/t41-/m1/s1. The molecular formula is C51H60ClN7O8S2. The van der Waals surface area contributed by atoms with Crippen LogP contribution < -0.4 is 20.3 Å². The van der Waals surface area contributed by atoms with Crippen LogP contribution in [0.1, 0.15) is 60.9 Å². The van der Waals surface area contributed by atoms with Crippen molar-refractivity contribution >= 4 is 73.9 Å². The largest absolute Gasteiger partial charge is 0.469 e. The number of hydrogen-bond donors (Lipinski definition) is 3. The number of nitrogens with zero attached hydrogens (tertiary/aromatic N) is 4. The summed E-state index contributed by atoms with van der Waals surface area (Å²) in [5.74, 6) is -0.933. The van der Waals surface area contributed by atoms with Crippen LogP contribution in [0.3, 0.4) is 0 Å². The summed E-state index contributed by atoms with van der Waals surface area (Å²) in [7, 11) is 0.631. The van der Waals surface area contributed by atoms with Gasteiger partial charge in [0.25, 0.3) is 21.6 Å². The second-order valence-electron chi connectivity index (χ2n) is 17.1. The fourth-order valence-corrected chi connectivity index (χ4v) is 10.1. The molecule has 0 aromatic heterocycles. The van der Waals surface area contributed by atoms with Gasteiger partial charge in [0.2, 0.25) is 5.91 Å². The van der Waals surface area contributed by atoms with Crippen LogP contribution >= 0.6 is 23.4 Å². The van der Waals surface area contributed by atoms with E-state index < -0.39 is 31.4 Å². The van der Waals surface area contributed by atoms with Crippen LogP contribution in [-0.4, -0.2) is 107 Å². The van der Waals surface area contributed by atoms with Crippen LogP contribution in [0.2, 0.25) is 5.02 Å². The minimum absolute atomic E-state index is 0.0367. The Morgan fingerprint density at radius 2 is 1.54 bits per heavy atom. The number of nitro benzene ring substituents is 1. The van der Waals surface area contributed by atoms with Gasteiger partial charge in [0, 0.05) is 78.9 Å². The third-order valence-electron chi connectivity index (χ3n) is 11.8. The second kappa shape index (κ2) is 25.6. The van der Waals surface area contributed by atoms with Crippen molar-refractivity contribution in [2.45, 2.75) is 67.3 Å². The van der Waals surface area contributed by atoms with E-state index >= 15 is 0 Å². The van der Waals surface area contributed by atoms with Gasteiger partial charge in [-0.15, -0.1) is 11.8 Å². The predicted octanol–water partition coefficient (Wildman–Crippen LogP) is 9.33. The number of carbonyl (C=O) groups excluding carboxylic acids is 3. The molecule has 18 heteroatoms. The van der Waals surface area contributed by atoms with E-state index in [1.54, 1.807) is 17.8 Å². The molecule has 69 heavy (non-hydrogen) atoms. The average molecular weight is 999 g/mol. The SMILES string of the molecule is COC(=O)CCCCCCC(=O)Nc1cc(C(=O)NS(=O)(=O)c2ccc(N[C@H](CCN(C)C)CSc3ccccc3)c([N+](=O)[O-])c2)ccc1N1CCN(Cc2ccccc2-c2ccc(Cl)cc2)CC1. The number of hydrogen-bond acceptors (Lipinski definition) is 13. The van der Waals surface area contributed by atoms with Crippen molar-refractivity contribution in [2.75, 3.05) is 75.2 Å². The molecule has 0 radical (unpaired) electrons. The predicted molar refractivity (Wildman–Crippen MR) is 275 cm³/mol. The minimum Gasteiger partial charge on any atom is -0.469 e. The maximum atomic E-state index is 13.8. The monoisotopic (exact) mass is 997 g/mol. The quantitative estimate of drug-likeness (QED) is 0.0175. The number of methoxy groups -OCH3 is 1. The maximum absolute atomic E-state index is 13.8. The summed E-state index contributed by atoms with van der Waals surface area (Å²) < 4.78 is 34.3. The highest BCUT2D eigenvalue weighted by Gasteiger charge is 2.27. The van der Waals surface area contributed by atoms with Gasteiger partial charge in [-0.3, -0.25) is 29.4 Å². The molecule has 1 fully saturated rings. The molecule has 3 N–H and O–H groups in total. The Morgan fingerprint density at radius 1 is 0.841 bits per heavy atom. The molecule has 1 saturated heterocycles. The number of anilines is 3. The van der Waals surface area contributed by atoms with Crippen molar-refractivity contribution in [2.24, 2.45) is 0 Å². The molecule has 1 atom stereocenters. The Labute approximate surface area is 414 Å². The molecule has 366 valence electrons. The average Bonchev–Trinajstić information content (AvgIpc) is 3.34. The van der Waals surface area contributed by atoms with Crippen LogP contribution in [0.25, 0.3) is 11.1 Å². The number of nitrogens with one attached hydrogen (secondary N) is 3. The number of sulfonamides is 1. The Balaban J connectivity index is 1.16. The van der Waals surface area contributed by atoms with Gasteiger partial charge >= 0.3 is 5.97 Å². The van der Waals surface area contributed by atoms with E-state index in [-0.39, 0.29) is 35.6 Å². The fourth-order valence-electron chi connectivity index (χ4n) is 7.97. The summed E-state index contributed by atoms with van der Waals surface area (Å²) in [5.41, 5.74) is 4.07. The Kier molecular flexibility index (Phi) is 19.4. The van der Waals surface area contributed by atoms with Crippen molar-refractivity contribution in [1.82, 2.24) is 14.5 Å². The van der Waals surface area contributed by atoms with Crippen molar-refractivity contribution in [3.63, 3.8) is 0 Å². The number of nitro groups is 1. The lowest BCUT2D eigenvalue weighted by atomic mass is 9.99. The number of ether oxygens (including phenoxy) is 1. The van der Waals surface area contributed by atoms with Crippen LogP contribution in [0.4, 0.5) is 22.7 Å². The van der Waals surface area contributed by atoms with E-state index in [9.17, 15) is 32.9 Å². The van der Waals surface area contributed by atoms with E-state index in [0.717, 1.165) is 41.5 Å². The van der Waals surface area contributed by atoms with E-state index in [0.29, 0.717) is 80.6 Å². The lowest BCUT2D eigenvalue weighted by Crippen LogP contribution is -2.46. The van der Waals surface area contributed by atoms with Gasteiger partial charge in [0.15, 0.2) is 0 Å². The summed E-state index contributed by atoms with van der Waals surface area (Å²) >= 11 is 7.78. The highest BCUT2D eigenvalue weighted by Crippen LogP contribution is 2.33. The number of esters is 1. The first kappa shape index (κ1) is 52.4. The number of benzene rings is 5. The van der Waals surface area contributed by atoms with Crippen molar-refractivity contribution in [3.8, 4) is 11.1 Å². The normalized spacial score (nSPS) is 13.4. The number of unbranched alkanes of at least 4 members (excludes halogenated alkanes) is 3. The van der Waals surface area contributed by atoms with Crippen molar-refractivity contribution < 1.29 is 32.5 Å². The first-order chi connectivity index (χ1) is 33.2. The summed E-state index contributed by atoms with van der Waals surface area (Å²) in [6.45, 7) is 4.06. The maximum Gasteiger partial charge on any atom is 0.305 e. The zero-order valence-electron chi connectivity index (χ0n) is 39.2. The van der Waals surface area contributed by atoms with Gasteiger partial charge in [0.1, 0.15) is 5.69 Å². The Morgan fingerprint density at radius 3 is 2.23 bits per heavy atom. The molecular weight excluding hydrogens is 938 g/mol. The van der Waals surface area contributed by atoms with E-state index in [4.69, 9.17) is 16.3 Å².